The molecule has 0 aromatic rings. The largest absolute Gasteiger partial charge is 0.457 e. The van der Waals surface area contributed by atoms with E-state index in [0.29, 0.717) is 6.42 Å². The number of carbonyl (C=O) groups is 1. The minimum absolute atomic E-state index is 0.0406. The third-order valence-electron chi connectivity index (χ3n) is 4.13. The molecule has 0 aromatic carbocycles. The Bertz CT molecular complexity index is 278. The number of fused-ring (bicyclic) bond motifs is 1. The van der Waals surface area contributed by atoms with Crippen molar-refractivity contribution in [2.45, 2.75) is 89.1 Å². The van der Waals surface area contributed by atoms with Crippen LogP contribution in [0.5, 0.6) is 0 Å². The third kappa shape index (κ3) is 4.18. The van der Waals surface area contributed by atoms with E-state index in [1.165, 1.54) is 0 Å². The van der Waals surface area contributed by atoms with E-state index in [-0.39, 0.29) is 30.4 Å². The Morgan fingerprint density at radius 1 is 1.26 bits per heavy atom. The Hall–Kier alpha value is -0.610. The van der Waals surface area contributed by atoms with Crippen LogP contribution in [0.1, 0.15) is 64.7 Å². The van der Waals surface area contributed by atoms with Crippen LogP contribution in [0.4, 0.5) is 0 Å². The Morgan fingerprint density at radius 3 is 2.63 bits per heavy atom. The highest BCUT2D eigenvalue weighted by Gasteiger charge is 2.50. The molecule has 1 saturated carbocycles. The number of aliphatic hydroxyl groups is 1. The number of hydrogen-bond donors (Lipinski definition) is 1. The van der Waals surface area contributed by atoms with E-state index < -0.39 is 0 Å². The summed E-state index contributed by atoms with van der Waals surface area (Å²) in [6.45, 7) is 2.08. The van der Waals surface area contributed by atoms with Gasteiger partial charge in [-0.1, -0.05) is 26.2 Å². The highest BCUT2D eigenvalue weighted by molar-refractivity contribution is 5.69. The molecule has 1 aliphatic carbocycles. The summed E-state index contributed by atoms with van der Waals surface area (Å²) in [5, 5.41) is 9.58. The van der Waals surface area contributed by atoms with Gasteiger partial charge in [0.25, 0.3) is 0 Å². The third-order valence-corrected chi connectivity index (χ3v) is 4.13. The molecule has 3 atom stereocenters. The van der Waals surface area contributed by atoms with E-state index in [1.807, 2.05) is 0 Å². The number of rotatable bonds is 9. The van der Waals surface area contributed by atoms with Crippen molar-refractivity contribution in [1.29, 1.82) is 0 Å². The zero-order valence-electron chi connectivity index (χ0n) is 11.8. The van der Waals surface area contributed by atoms with Crippen LogP contribution in [0.2, 0.25) is 0 Å². The second-order valence-corrected chi connectivity index (χ2v) is 5.79. The molecule has 3 rings (SSSR count). The molecule has 4 nitrogen and oxygen atoms in total. The second kappa shape index (κ2) is 7.25. The van der Waals surface area contributed by atoms with Gasteiger partial charge in [0.1, 0.15) is 0 Å². The number of hydrogen-bond acceptors (Lipinski definition) is 4. The Morgan fingerprint density at radius 2 is 2.00 bits per heavy atom. The summed E-state index contributed by atoms with van der Waals surface area (Å²) in [7, 11) is 0. The van der Waals surface area contributed by atoms with E-state index in [9.17, 15) is 9.90 Å². The zero-order valence-corrected chi connectivity index (χ0v) is 11.8. The molecular formula is C15H26O4. The predicted molar refractivity (Wildman–Crippen MR) is 71.8 cm³/mol. The molecule has 2 heterocycles. The first-order valence-corrected chi connectivity index (χ1v) is 7.73. The molecule has 2 saturated heterocycles. The number of ether oxygens (including phenoxy) is 2. The van der Waals surface area contributed by atoms with Crippen molar-refractivity contribution in [3.63, 3.8) is 0 Å². The van der Waals surface area contributed by atoms with Crippen molar-refractivity contribution in [3.05, 3.63) is 0 Å². The molecule has 0 aromatic heterocycles. The Balaban J connectivity index is 1.46. The molecule has 0 amide bonds. The summed E-state index contributed by atoms with van der Waals surface area (Å²) in [4.78, 5) is 11.6. The summed E-state index contributed by atoms with van der Waals surface area (Å²) in [6, 6.07) is 0. The predicted octanol–water partition coefficient (Wildman–Crippen LogP) is 2.57. The van der Waals surface area contributed by atoms with Crippen molar-refractivity contribution in [1.82, 2.24) is 0 Å². The number of unbranched alkanes of at least 4 members (excludes halogenated alkanes) is 2. The zero-order chi connectivity index (χ0) is 13.7. The topological polar surface area (TPSA) is 55.8 Å². The number of aliphatic hydroxyl groups excluding tert-OH is 1. The van der Waals surface area contributed by atoms with E-state index in [0.717, 1.165) is 51.4 Å². The van der Waals surface area contributed by atoms with Crippen molar-refractivity contribution in [3.8, 4) is 0 Å². The first kappa shape index (κ1) is 14.8. The molecular weight excluding hydrogens is 244 g/mol. The maximum absolute atomic E-state index is 11.6. The molecule has 4 heteroatoms. The minimum atomic E-state index is -0.167. The number of esters is 1. The molecule has 110 valence electrons. The van der Waals surface area contributed by atoms with Crippen molar-refractivity contribution >= 4 is 5.97 Å². The van der Waals surface area contributed by atoms with Crippen LogP contribution in [0.3, 0.4) is 0 Å². The Labute approximate surface area is 115 Å². The summed E-state index contributed by atoms with van der Waals surface area (Å²) >= 11 is 0. The van der Waals surface area contributed by atoms with Gasteiger partial charge in [-0.05, 0) is 32.1 Å². The molecule has 0 spiro atoms. The van der Waals surface area contributed by atoms with E-state index in [2.05, 4.69) is 6.92 Å². The molecule has 1 N–H and O–H groups in total. The molecule has 2 bridgehead atoms. The lowest BCUT2D eigenvalue weighted by molar-refractivity contribution is -0.206. The van der Waals surface area contributed by atoms with Crippen LogP contribution in [0.15, 0.2) is 0 Å². The second-order valence-electron chi connectivity index (χ2n) is 5.79. The first-order valence-electron chi connectivity index (χ1n) is 7.73. The summed E-state index contributed by atoms with van der Waals surface area (Å²) in [6.07, 6.45) is 8.41. The Kier molecular flexibility index (Phi) is 5.64. The van der Waals surface area contributed by atoms with Crippen molar-refractivity contribution < 1.29 is 19.4 Å². The first-order chi connectivity index (χ1) is 9.20. The van der Waals surface area contributed by atoms with Crippen LogP contribution in [0, 0.1) is 0 Å². The smallest absolute Gasteiger partial charge is 0.306 e. The highest BCUT2D eigenvalue weighted by atomic mass is 16.6. The van der Waals surface area contributed by atoms with Gasteiger partial charge in [0.05, 0.1) is 18.3 Å². The fourth-order valence-electron chi connectivity index (χ4n) is 2.99. The number of carbonyl (C=O) groups excluding carboxylic acids is 1. The van der Waals surface area contributed by atoms with Crippen molar-refractivity contribution in [2.75, 3.05) is 0 Å². The fourth-order valence-corrected chi connectivity index (χ4v) is 2.99. The molecule has 0 radical (unpaired) electrons. The molecule has 3 aliphatic rings. The molecule has 3 fully saturated rings. The van der Waals surface area contributed by atoms with Gasteiger partial charge in [0.2, 0.25) is 0 Å². The van der Waals surface area contributed by atoms with Crippen LogP contribution in [-0.2, 0) is 14.3 Å². The summed E-state index contributed by atoms with van der Waals surface area (Å²) < 4.78 is 10.9. The van der Waals surface area contributed by atoms with E-state index in [4.69, 9.17) is 9.47 Å². The highest BCUT2D eigenvalue weighted by Crippen LogP contribution is 2.39. The SMILES string of the molecule is CCCC(O)CCCCCC(=O)OC1C2CCC1O2. The van der Waals surface area contributed by atoms with Crippen LogP contribution < -0.4 is 0 Å². The lowest BCUT2D eigenvalue weighted by Gasteiger charge is -2.35. The summed E-state index contributed by atoms with van der Waals surface area (Å²) in [5.74, 6) is -0.0840. The molecule has 19 heavy (non-hydrogen) atoms. The average Bonchev–Trinajstić information content (AvgIpc) is 2.99. The van der Waals surface area contributed by atoms with E-state index in [1.54, 1.807) is 0 Å². The standard InChI is InChI=1S/C15H26O4/c1-2-6-11(16)7-4-3-5-8-14(17)19-15-12-9-10-13(15)18-12/h11-13,15-16H,2-10H2,1H3. The van der Waals surface area contributed by atoms with Gasteiger partial charge >= 0.3 is 5.97 Å². The van der Waals surface area contributed by atoms with E-state index >= 15 is 0 Å². The van der Waals surface area contributed by atoms with Crippen molar-refractivity contribution in [2.24, 2.45) is 0 Å². The quantitative estimate of drug-likeness (QED) is 0.517. The van der Waals surface area contributed by atoms with Gasteiger partial charge in [0.15, 0.2) is 6.10 Å². The minimum Gasteiger partial charge on any atom is -0.457 e. The monoisotopic (exact) mass is 270 g/mol. The maximum Gasteiger partial charge on any atom is 0.306 e. The van der Waals surface area contributed by atoms with Gasteiger partial charge < -0.3 is 14.6 Å². The summed E-state index contributed by atoms with van der Waals surface area (Å²) in [5.41, 5.74) is 0. The molecule has 3 unspecified atom stereocenters. The van der Waals surface area contributed by atoms with Gasteiger partial charge in [-0.3, -0.25) is 4.79 Å². The van der Waals surface area contributed by atoms with Gasteiger partial charge in [-0.2, -0.15) is 0 Å². The van der Waals surface area contributed by atoms with Crippen LogP contribution >= 0.6 is 0 Å². The average molecular weight is 270 g/mol. The van der Waals surface area contributed by atoms with Gasteiger partial charge in [-0.15, -0.1) is 0 Å². The van der Waals surface area contributed by atoms with Crippen LogP contribution in [-0.4, -0.2) is 35.5 Å². The van der Waals surface area contributed by atoms with Gasteiger partial charge in [-0.25, -0.2) is 0 Å². The normalized spacial score (nSPS) is 29.9. The fraction of sp³-hybridized carbons (Fsp3) is 0.933. The lowest BCUT2D eigenvalue weighted by atomic mass is 10.1. The van der Waals surface area contributed by atoms with Crippen LogP contribution in [0.25, 0.3) is 0 Å². The van der Waals surface area contributed by atoms with Gasteiger partial charge in [0, 0.05) is 6.42 Å². The molecule has 2 aliphatic heterocycles. The lowest BCUT2D eigenvalue weighted by Crippen LogP contribution is -2.48. The maximum atomic E-state index is 11.6.